The summed E-state index contributed by atoms with van der Waals surface area (Å²) in [5, 5.41) is 0.532. The van der Waals surface area contributed by atoms with Gasteiger partial charge < -0.3 is 9.05 Å². The zero-order valence-electron chi connectivity index (χ0n) is 20.6. The summed E-state index contributed by atoms with van der Waals surface area (Å²) in [5.41, 5.74) is 4.89. The highest BCUT2D eigenvalue weighted by atomic mass is 32.1. The van der Waals surface area contributed by atoms with Crippen LogP contribution in [0.3, 0.4) is 0 Å². The molecule has 0 amide bonds. The number of hydrogen-bond acceptors (Lipinski definition) is 5. The first-order valence-corrected chi connectivity index (χ1v) is 13.2. The quantitative estimate of drug-likeness (QED) is 0.400. The maximum absolute atomic E-state index is 13.0. The molecule has 5 nitrogen and oxygen atoms in total. The molecule has 0 radical (unpaired) electrons. The first kappa shape index (κ1) is 33.3. The van der Waals surface area contributed by atoms with Crippen molar-refractivity contribution < 1.29 is 23.2 Å². The van der Waals surface area contributed by atoms with Crippen molar-refractivity contribution in [3.05, 3.63) is 52.6 Å². The largest absolute Gasteiger partial charge is 0.360 e. The second kappa shape index (κ2) is 12.4. The molecule has 0 saturated heterocycles. The maximum Gasteiger partial charge on any atom is 0.360 e. The van der Waals surface area contributed by atoms with E-state index >= 15 is 0 Å². The first-order valence-electron chi connectivity index (χ1n) is 11.6. The third kappa shape index (κ3) is 5.23. The van der Waals surface area contributed by atoms with Gasteiger partial charge in [-0.05, 0) is 78.9 Å². The molecule has 2 fully saturated rings. The fourth-order valence-electron chi connectivity index (χ4n) is 6.91. The van der Waals surface area contributed by atoms with Gasteiger partial charge in [-0.1, -0.05) is 32.1 Å². The fourth-order valence-corrected chi connectivity index (χ4v) is 7.99. The molecule has 0 bridgehead atoms. The van der Waals surface area contributed by atoms with Crippen molar-refractivity contribution in [2.45, 2.75) is 65.2 Å². The topological polar surface area (TPSA) is 69.7 Å². The summed E-state index contributed by atoms with van der Waals surface area (Å²) in [6.45, 7) is 2.18. The Labute approximate surface area is 236 Å². The lowest BCUT2D eigenvalue weighted by molar-refractivity contribution is -0.128. The van der Waals surface area contributed by atoms with Crippen LogP contribution < -0.4 is 5.30 Å². The normalized spacial score (nSPS) is 28.8. The van der Waals surface area contributed by atoms with Crippen LogP contribution in [0.4, 0.5) is 0 Å². The van der Waals surface area contributed by atoms with Gasteiger partial charge in [0.1, 0.15) is 5.78 Å². The van der Waals surface area contributed by atoms with Crippen LogP contribution in [0.2, 0.25) is 0 Å². The van der Waals surface area contributed by atoms with Crippen LogP contribution in [0, 0.1) is 17.3 Å². The number of rotatable bonds is 4. The van der Waals surface area contributed by atoms with Crippen molar-refractivity contribution in [2.24, 2.45) is 17.3 Å². The zero-order valence-corrected chi connectivity index (χ0v) is 24.5. The van der Waals surface area contributed by atoms with Crippen LogP contribution in [0.1, 0.15) is 70.8 Å². The van der Waals surface area contributed by atoms with Crippen LogP contribution in [-0.4, -0.2) is 25.8 Å². The number of carbonyl (C=O) groups excluding carboxylic acids is 2. The van der Waals surface area contributed by atoms with Crippen molar-refractivity contribution in [1.82, 2.24) is 0 Å². The summed E-state index contributed by atoms with van der Waals surface area (Å²) in [6, 6.07) is 7.70. The number of carbonyl (C=O) groups is 2. The highest BCUT2D eigenvalue weighted by Crippen LogP contribution is 2.62. The van der Waals surface area contributed by atoms with E-state index in [1.165, 1.54) is 30.9 Å². The van der Waals surface area contributed by atoms with Crippen molar-refractivity contribution in [3.63, 3.8) is 0 Å². The van der Waals surface area contributed by atoms with Crippen LogP contribution in [0.5, 0.6) is 0 Å². The third-order valence-corrected chi connectivity index (χ3v) is 10.4. The molecule has 4 aliphatic rings. The highest BCUT2D eigenvalue weighted by molar-refractivity contribution is 7.62. The summed E-state index contributed by atoms with van der Waals surface area (Å²) < 4.78 is 23.1. The molecule has 0 N–H and O–H groups in total. The summed E-state index contributed by atoms with van der Waals surface area (Å²) in [7, 11) is -0.522. The van der Waals surface area contributed by atoms with Crippen LogP contribution >= 0.6 is 48.1 Å². The average Bonchev–Trinajstić information content (AvgIpc) is 3.12. The summed E-state index contributed by atoms with van der Waals surface area (Å²) in [5.74, 6) is 1.56. The average molecular weight is 573 g/mol. The molecule has 1 aromatic carbocycles. The van der Waals surface area contributed by atoms with Crippen molar-refractivity contribution >= 4 is 65.0 Å². The van der Waals surface area contributed by atoms with Gasteiger partial charge in [0.05, 0.1) is 5.30 Å². The van der Waals surface area contributed by atoms with Gasteiger partial charge in [-0.3, -0.25) is 14.2 Å². The van der Waals surface area contributed by atoms with Gasteiger partial charge in [0, 0.05) is 38.4 Å². The molecule has 0 heterocycles. The summed E-state index contributed by atoms with van der Waals surface area (Å²) in [6.07, 6.45) is 7.66. The van der Waals surface area contributed by atoms with E-state index in [1.807, 2.05) is 30.3 Å². The molecule has 4 aliphatic carbocycles. The van der Waals surface area contributed by atoms with Crippen LogP contribution in [0.15, 0.2) is 47.1 Å². The monoisotopic (exact) mass is 572 g/mol. The molecule has 0 spiro atoms. The zero-order chi connectivity index (χ0) is 22.7. The van der Waals surface area contributed by atoms with Gasteiger partial charge in [-0.2, -0.15) is 40.5 Å². The van der Waals surface area contributed by atoms with E-state index in [9.17, 15) is 14.2 Å². The van der Waals surface area contributed by atoms with E-state index in [0.717, 1.165) is 37.7 Å². The predicted octanol–water partition coefficient (Wildman–Crippen LogP) is 6.24. The Morgan fingerprint density at radius 2 is 1.56 bits per heavy atom. The molecule has 0 aliphatic heterocycles. The third-order valence-electron chi connectivity index (χ3n) is 8.54. The highest BCUT2D eigenvalue weighted by Gasteiger charge is 2.56. The lowest BCUT2D eigenvalue weighted by atomic mass is 9.53. The summed E-state index contributed by atoms with van der Waals surface area (Å²) in [4.78, 5) is 25.1. The summed E-state index contributed by atoms with van der Waals surface area (Å²) >= 11 is 0. The van der Waals surface area contributed by atoms with Crippen LogP contribution in [0.25, 0.3) is 0 Å². The number of hydrogen-bond donors (Lipinski definition) is 0. The number of ketones is 2. The van der Waals surface area contributed by atoms with Gasteiger partial charge in [0.2, 0.25) is 0 Å². The maximum atomic E-state index is 13.0. The van der Waals surface area contributed by atoms with Crippen LogP contribution in [-0.2, 0) is 23.2 Å². The molecule has 0 aromatic heterocycles. The van der Waals surface area contributed by atoms with E-state index < -0.39 is 7.60 Å². The Bertz CT molecular complexity index is 1090. The van der Waals surface area contributed by atoms with E-state index in [1.54, 1.807) is 0 Å². The standard InChI is InChI=1S/C26H31O5P.CH4.3H2S/c1-26-15-22(16-4-8-19(9-5-16)32(29,30-2)31-3)25-20-11-7-18(27)14-17(20)6-10-21(25)23(26)12-13-24(26)28;;;;/h4-5,8-9,14,21-23H,6-7,10-13,15H2,1-3H3;1H4;3*1H2/t21-,22+,23-,26-;;;;/m0..../s1. The Morgan fingerprint density at radius 1 is 0.917 bits per heavy atom. The van der Waals surface area contributed by atoms with Gasteiger partial charge in [0.25, 0.3) is 0 Å². The van der Waals surface area contributed by atoms with Crippen molar-refractivity contribution in [1.29, 1.82) is 0 Å². The van der Waals surface area contributed by atoms with Gasteiger partial charge in [-0.25, -0.2) is 0 Å². The number of Topliss-reactive ketones (excluding diaryl/α,β-unsaturated/α-hetero) is 1. The Morgan fingerprint density at radius 3 is 2.17 bits per heavy atom. The Kier molecular flexibility index (Phi) is 11.5. The molecule has 4 atom stereocenters. The molecule has 36 heavy (non-hydrogen) atoms. The van der Waals surface area contributed by atoms with E-state index in [-0.39, 0.29) is 65.0 Å². The molecule has 2 saturated carbocycles. The molecule has 5 rings (SSSR count). The fraction of sp³-hybridized carbons (Fsp3) is 0.556. The van der Waals surface area contributed by atoms with Crippen molar-refractivity contribution in [2.75, 3.05) is 14.2 Å². The van der Waals surface area contributed by atoms with Gasteiger partial charge in [-0.15, -0.1) is 0 Å². The minimum Gasteiger partial charge on any atom is -0.309 e. The number of fused-ring (bicyclic) bond motifs is 4. The van der Waals surface area contributed by atoms with E-state index in [4.69, 9.17) is 9.05 Å². The molecule has 0 unspecified atom stereocenters. The molecular weight excluding hydrogens is 531 g/mol. The van der Waals surface area contributed by atoms with E-state index in [2.05, 4.69) is 6.92 Å². The SMILES string of the molecule is C.COP(=O)(OC)c1ccc([C@H]2C[C@]3(C)C(=O)CC[C@H]3[C@@H]3CCC4=CC(=O)CCC4=C32)cc1.S.S.S. The number of benzene rings is 1. The lowest BCUT2D eigenvalue weighted by Crippen LogP contribution is -2.43. The van der Waals surface area contributed by atoms with Gasteiger partial charge >= 0.3 is 7.60 Å². The molecule has 202 valence electrons. The van der Waals surface area contributed by atoms with E-state index in [0.29, 0.717) is 35.8 Å². The number of allylic oxidation sites excluding steroid dienone is 4. The molecular formula is C27H41O5PS3. The molecule has 9 heteroatoms. The lowest BCUT2D eigenvalue weighted by Gasteiger charge is -2.50. The second-order valence-electron chi connectivity index (χ2n) is 9.91. The molecule has 1 aromatic rings. The Hall–Kier alpha value is -0.760. The second-order valence-corrected chi connectivity index (χ2v) is 12.2. The minimum atomic E-state index is -3.31. The van der Waals surface area contributed by atoms with Gasteiger partial charge in [0.15, 0.2) is 5.78 Å². The predicted molar refractivity (Wildman–Crippen MR) is 161 cm³/mol. The van der Waals surface area contributed by atoms with Crippen molar-refractivity contribution in [3.8, 4) is 0 Å². The first-order chi connectivity index (χ1) is 15.3. The smallest absolute Gasteiger partial charge is 0.309 e. The minimum absolute atomic E-state index is 0. The Balaban J connectivity index is 0.00000162.